The average molecular weight is 183 g/mol. The number of amides is 1. The minimum atomic E-state index is -0.343. The number of hydrogen-bond acceptors (Lipinski definition) is 1. The first kappa shape index (κ1) is 11.6. The molecule has 0 radical (unpaired) electrons. The van der Waals surface area contributed by atoms with Crippen molar-refractivity contribution in [1.82, 2.24) is 5.32 Å². The predicted molar refractivity (Wildman–Crippen MR) is 51.8 cm³/mol. The van der Waals surface area contributed by atoms with Crippen molar-refractivity contribution >= 4 is 5.91 Å². The Hall–Kier alpha value is -1.38. The van der Waals surface area contributed by atoms with Crippen molar-refractivity contribution in [2.45, 2.75) is 13.8 Å². The summed E-state index contributed by atoms with van der Waals surface area (Å²) in [6, 6.07) is 0. The van der Waals surface area contributed by atoms with Crippen molar-refractivity contribution in [2.75, 3.05) is 7.05 Å². The van der Waals surface area contributed by atoms with Gasteiger partial charge in [0.1, 0.15) is 5.83 Å². The molecule has 0 saturated carbocycles. The summed E-state index contributed by atoms with van der Waals surface area (Å²) < 4.78 is 12.9. The van der Waals surface area contributed by atoms with Gasteiger partial charge in [-0.05, 0) is 31.6 Å². The second-order valence-corrected chi connectivity index (χ2v) is 2.79. The molecule has 0 rings (SSSR count). The van der Waals surface area contributed by atoms with E-state index in [1.54, 1.807) is 13.8 Å². The molecule has 0 aliphatic rings. The molecule has 0 unspecified atom stereocenters. The van der Waals surface area contributed by atoms with Crippen LogP contribution in [0.5, 0.6) is 0 Å². The van der Waals surface area contributed by atoms with Crippen LogP contribution in [0.15, 0.2) is 35.7 Å². The molecule has 1 amide bonds. The fraction of sp³-hybridized carbons (Fsp3) is 0.300. The molecular formula is C10H14FNO. The van der Waals surface area contributed by atoms with Gasteiger partial charge >= 0.3 is 0 Å². The van der Waals surface area contributed by atoms with E-state index in [0.29, 0.717) is 5.57 Å². The van der Waals surface area contributed by atoms with Gasteiger partial charge in [-0.3, -0.25) is 4.79 Å². The number of rotatable bonds is 3. The number of halogens is 1. The topological polar surface area (TPSA) is 29.1 Å². The third-order valence-electron chi connectivity index (χ3n) is 1.43. The monoisotopic (exact) mass is 183 g/mol. The molecule has 0 bridgehead atoms. The van der Waals surface area contributed by atoms with Crippen LogP contribution in [0.4, 0.5) is 4.39 Å². The first-order valence-corrected chi connectivity index (χ1v) is 3.91. The van der Waals surface area contributed by atoms with Crippen molar-refractivity contribution in [3.63, 3.8) is 0 Å². The highest BCUT2D eigenvalue weighted by molar-refractivity contribution is 5.95. The summed E-state index contributed by atoms with van der Waals surface area (Å²) in [7, 11) is 1.50. The Morgan fingerprint density at radius 1 is 1.38 bits per heavy atom. The molecule has 0 aromatic heterocycles. The standard InChI is InChI=1S/C10H14FNO/c1-7(2)9(11)6-5-8(3)10(13)12-4/h5-6H,3H2,1-2,4H3,(H,12,13)/b6-5-. The molecule has 0 spiro atoms. The average Bonchev–Trinajstić information content (AvgIpc) is 2.11. The highest BCUT2D eigenvalue weighted by Crippen LogP contribution is 2.07. The van der Waals surface area contributed by atoms with Gasteiger partial charge in [0.05, 0.1) is 0 Å². The molecule has 2 nitrogen and oxygen atoms in total. The second kappa shape index (κ2) is 5.30. The maximum atomic E-state index is 12.9. The van der Waals surface area contributed by atoms with Crippen LogP contribution in [0.1, 0.15) is 13.8 Å². The fourth-order valence-corrected chi connectivity index (χ4v) is 0.577. The van der Waals surface area contributed by atoms with Gasteiger partial charge < -0.3 is 5.32 Å². The molecule has 0 fully saturated rings. The normalized spacial score (nSPS) is 9.85. The van der Waals surface area contributed by atoms with Crippen LogP contribution < -0.4 is 5.32 Å². The van der Waals surface area contributed by atoms with Gasteiger partial charge in [0.15, 0.2) is 0 Å². The van der Waals surface area contributed by atoms with Gasteiger partial charge in [0, 0.05) is 12.6 Å². The smallest absolute Gasteiger partial charge is 0.250 e. The largest absolute Gasteiger partial charge is 0.355 e. The minimum Gasteiger partial charge on any atom is -0.355 e. The molecule has 13 heavy (non-hydrogen) atoms. The third-order valence-corrected chi connectivity index (χ3v) is 1.43. The molecule has 0 aromatic rings. The van der Waals surface area contributed by atoms with Crippen molar-refractivity contribution in [2.24, 2.45) is 0 Å². The quantitative estimate of drug-likeness (QED) is 0.527. The van der Waals surface area contributed by atoms with E-state index in [2.05, 4.69) is 11.9 Å². The zero-order chi connectivity index (χ0) is 10.4. The maximum absolute atomic E-state index is 12.9. The van der Waals surface area contributed by atoms with Gasteiger partial charge in [-0.15, -0.1) is 0 Å². The van der Waals surface area contributed by atoms with Crippen LogP contribution in [0.2, 0.25) is 0 Å². The van der Waals surface area contributed by atoms with E-state index >= 15 is 0 Å². The summed E-state index contributed by atoms with van der Waals surface area (Å²) in [6.07, 6.45) is 2.58. The number of likely N-dealkylation sites (N-methyl/N-ethyl adjacent to an activating group) is 1. The molecule has 0 aliphatic carbocycles. The molecule has 0 atom stereocenters. The van der Waals surface area contributed by atoms with Gasteiger partial charge in [-0.1, -0.05) is 6.58 Å². The van der Waals surface area contributed by atoms with Crippen LogP contribution in [0, 0.1) is 0 Å². The summed E-state index contributed by atoms with van der Waals surface area (Å²) in [5, 5.41) is 2.39. The zero-order valence-electron chi connectivity index (χ0n) is 8.15. The maximum Gasteiger partial charge on any atom is 0.250 e. The first-order chi connectivity index (χ1) is 5.99. The van der Waals surface area contributed by atoms with Gasteiger partial charge in [-0.25, -0.2) is 4.39 Å². The van der Waals surface area contributed by atoms with Crippen LogP contribution in [-0.4, -0.2) is 13.0 Å². The Bertz CT molecular complexity index is 273. The molecule has 0 heterocycles. The Kier molecular flexibility index (Phi) is 4.74. The lowest BCUT2D eigenvalue weighted by Crippen LogP contribution is -2.18. The molecule has 0 aliphatic heterocycles. The van der Waals surface area contributed by atoms with Crippen LogP contribution >= 0.6 is 0 Å². The van der Waals surface area contributed by atoms with Crippen molar-refractivity contribution in [3.8, 4) is 0 Å². The number of carbonyl (C=O) groups excluding carboxylic acids is 1. The molecule has 0 aromatic carbocycles. The number of carbonyl (C=O) groups is 1. The number of allylic oxidation sites excluding steroid dienone is 3. The van der Waals surface area contributed by atoms with Crippen molar-refractivity contribution in [1.29, 1.82) is 0 Å². The van der Waals surface area contributed by atoms with E-state index in [1.165, 1.54) is 19.2 Å². The summed E-state index contributed by atoms with van der Waals surface area (Å²) in [5.74, 6) is -0.650. The highest BCUT2D eigenvalue weighted by Gasteiger charge is 1.99. The van der Waals surface area contributed by atoms with Gasteiger partial charge in [0.2, 0.25) is 5.91 Å². The number of hydrogen-bond donors (Lipinski definition) is 1. The van der Waals surface area contributed by atoms with E-state index in [-0.39, 0.29) is 17.3 Å². The van der Waals surface area contributed by atoms with Crippen molar-refractivity contribution in [3.05, 3.63) is 35.7 Å². The molecule has 0 saturated heterocycles. The minimum absolute atomic E-state index is 0.235. The predicted octanol–water partition coefficient (Wildman–Crippen LogP) is 2.11. The van der Waals surface area contributed by atoms with E-state index in [0.717, 1.165) is 0 Å². The van der Waals surface area contributed by atoms with Crippen LogP contribution in [0.25, 0.3) is 0 Å². The second-order valence-electron chi connectivity index (χ2n) is 2.79. The summed E-state index contributed by atoms with van der Waals surface area (Å²) in [5.41, 5.74) is 0.805. The van der Waals surface area contributed by atoms with E-state index in [9.17, 15) is 9.18 Å². The number of nitrogens with one attached hydrogen (secondary N) is 1. The SMILES string of the molecule is C=C(/C=C\C(F)=C(C)C)C(=O)NC. The van der Waals surface area contributed by atoms with Gasteiger partial charge in [-0.2, -0.15) is 0 Å². The zero-order valence-corrected chi connectivity index (χ0v) is 8.15. The van der Waals surface area contributed by atoms with Gasteiger partial charge in [0.25, 0.3) is 0 Å². The lowest BCUT2D eigenvalue weighted by Gasteiger charge is -1.96. The molecule has 3 heteroatoms. The highest BCUT2D eigenvalue weighted by atomic mass is 19.1. The van der Waals surface area contributed by atoms with E-state index < -0.39 is 0 Å². The summed E-state index contributed by atoms with van der Waals surface area (Å²) >= 11 is 0. The Balaban J connectivity index is 4.38. The Labute approximate surface area is 77.8 Å². The van der Waals surface area contributed by atoms with Crippen LogP contribution in [0.3, 0.4) is 0 Å². The van der Waals surface area contributed by atoms with E-state index in [4.69, 9.17) is 0 Å². The Morgan fingerprint density at radius 2 is 1.92 bits per heavy atom. The van der Waals surface area contributed by atoms with Crippen LogP contribution in [-0.2, 0) is 4.79 Å². The first-order valence-electron chi connectivity index (χ1n) is 3.91. The lowest BCUT2D eigenvalue weighted by molar-refractivity contribution is -0.116. The van der Waals surface area contributed by atoms with Crippen molar-refractivity contribution < 1.29 is 9.18 Å². The Morgan fingerprint density at radius 3 is 2.31 bits per heavy atom. The molecule has 1 N–H and O–H groups in total. The van der Waals surface area contributed by atoms with E-state index in [1.807, 2.05) is 0 Å². The molecule has 72 valence electrons. The lowest BCUT2D eigenvalue weighted by atomic mass is 10.2. The molecular weight excluding hydrogens is 169 g/mol. The fourth-order valence-electron chi connectivity index (χ4n) is 0.577. The summed E-state index contributed by atoms with van der Waals surface area (Å²) in [4.78, 5) is 10.9. The summed E-state index contributed by atoms with van der Waals surface area (Å²) in [6.45, 7) is 6.78. The third kappa shape index (κ3) is 4.25.